The van der Waals surface area contributed by atoms with Gasteiger partial charge < -0.3 is 5.21 Å². The van der Waals surface area contributed by atoms with E-state index in [9.17, 15) is 15.3 Å². The summed E-state index contributed by atoms with van der Waals surface area (Å²) in [6.45, 7) is 0. The lowest BCUT2D eigenvalue weighted by molar-refractivity contribution is -0.603. The molecule has 0 radical (unpaired) electrons. The summed E-state index contributed by atoms with van der Waals surface area (Å²) in [6.07, 6.45) is 0. The smallest absolute Gasteiger partial charge is 0.335 e. The van der Waals surface area contributed by atoms with Crippen molar-refractivity contribution in [2.45, 2.75) is 4.84 Å². The van der Waals surface area contributed by atoms with E-state index in [1.807, 2.05) is 0 Å². The Morgan fingerprint density at radius 3 is 2.43 bits per heavy atom. The van der Waals surface area contributed by atoms with Crippen molar-refractivity contribution in [3.05, 3.63) is 69.7 Å². The predicted octanol–water partition coefficient (Wildman–Crippen LogP) is 3.92. The van der Waals surface area contributed by atoms with Crippen molar-refractivity contribution >= 4 is 39.8 Å². The monoisotopic (exact) mass is 349 g/mol. The van der Waals surface area contributed by atoms with Gasteiger partial charge in [-0.25, -0.2) is 4.73 Å². The van der Waals surface area contributed by atoms with E-state index >= 15 is 0 Å². The Morgan fingerprint density at radius 2 is 1.83 bits per heavy atom. The number of benzene rings is 2. The molecular weight excluding hydrogens is 341 g/mol. The Hall–Kier alpha value is -2.44. The first-order chi connectivity index (χ1) is 11.0. The molecule has 23 heavy (non-hydrogen) atoms. The first-order valence-electron chi connectivity index (χ1n) is 6.54. The highest BCUT2D eigenvalue weighted by atomic mass is 35.5. The lowest BCUT2D eigenvalue weighted by Gasteiger charge is -2.14. The summed E-state index contributed by atoms with van der Waals surface area (Å²) in [4.78, 5) is 13.5. The van der Waals surface area contributed by atoms with Crippen molar-refractivity contribution in [1.82, 2.24) is 4.98 Å². The van der Waals surface area contributed by atoms with Gasteiger partial charge in [0.25, 0.3) is 5.69 Å². The molecular formula is C15H9Cl2N3O3. The van der Waals surface area contributed by atoms with Gasteiger partial charge in [0.05, 0.1) is 10.3 Å². The maximum Gasteiger partial charge on any atom is 0.335 e. The predicted molar refractivity (Wildman–Crippen MR) is 87.2 cm³/mol. The van der Waals surface area contributed by atoms with E-state index < -0.39 is 9.76 Å². The second-order valence-electron chi connectivity index (χ2n) is 4.74. The molecule has 3 rings (SSSR count). The largest absolute Gasteiger partial charge is 0.710 e. The van der Waals surface area contributed by atoms with E-state index in [0.29, 0.717) is 21.2 Å². The Labute approximate surface area is 140 Å². The number of nitro benzene ring substituents is 1. The van der Waals surface area contributed by atoms with Crippen LogP contribution in [-0.4, -0.2) is 9.91 Å². The lowest BCUT2D eigenvalue weighted by Crippen LogP contribution is -2.36. The van der Waals surface area contributed by atoms with Crippen LogP contribution in [0.25, 0.3) is 22.2 Å². The van der Waals surface area contributed by atoms with E-state index in [4.69, 9.17) is 23.2 Å². The van der Waals surface area contributed by atoms with Crippen LogP contribution >= 0.6 is 23.2 Å². The summed E-state index contributed by atoms with van der Waals surface area (Å²) in [5.41, 5.74) is 1.09. The highest BCUT2D eigenvalue weighted by Crippen LogP contribution is 2.30. The molecule has 1 heterocycles. The van der Waals surface area contributed by atoms with Crippen molar-refractivity contribution < 1.29 is 9.65 Å². The van der Waals surface area contributed by atoms with Crippen molar-refractivity contribution in [1.29, 1.82) is 0 Å². The quantitative estimate of drug-likeness (QED) is 0.236. The number of hydrogen-bond donors (Lipinski definition) is 0. The average molecular weight is 350 g/mol. The van der Waals surface area contributed by atoms with Gasteiger partial charge in [0.2, 0.25) is 4.84 Å². The van der Waals surface area contributed by atoms with Gasteiger partial charge in [0, 0.05) is 17.7 Å². The maximum atomic E-state index is 12.6. The molecule has 0 aliphatic carbocycles. The number of alkyl halides is 2. The first kappa shape index (κ1) is 15.5. The summed E-state index contributed by atoms with van der Waals surface area (Å²) in [5, 5.41) is 24.0. The van der Waals surface area contributed by atoms with Crippen LogP contribution in [0.4, 0.5) is 5.69 Å². The first-order valence-corrected chi connectivity index (χ1v) is 7.41. The van der Waals surface area contributed by atoms with E-state index in [2.05, 4.69) is 4.98 Å². The fourth-order valence-electron chi connectivity index (χ4n) is 2.32. The molecule has 0 saturated carbocycles. The molecule has 0 saturated heterocycles. The zero-order chi connectivity index (χ0) is 16.6. The molecule has 0 aliphatic heterocycles. The Morgan fingerprint density at radius 1 is 1.13 bits per heavy atom. The normalized spacial score (nSPS) is 11.1. The van der Waals surface area contributed by atoms with Crippen LogP contribution < -0.4 is 4.73 Å². The van der Waals surface area contributed by atoms with Crippen LogP contribution in [-0.2, 0) is 0 Å². The highest BCUT2D eigenvalue weighted by Gasteiger charge is 2.25. The number of nitrogens with zero attached hydrogens (tertiary/aromatic N) is 3. The van der Waals surface area contributed by atoms with Crippen LogP contribution in [0.2, 0.25) is 0 Å². The third kappa shape index (κ3) is 2.78. The molecule has 0 spiro atoms. The van der Waals surface area contributed by atoms with Crippen molar-refractivity contribution in [2.75, 3.05) is 0 Å². The standard InChI is InChI=1S/C15H9Cl2N3O3/c16-14(17)15-18-12-7-6-10(20(22)23)8-11(12)13(19(15)21)9-4-2-1-3-5-9/h1-8,14H. The summed E-state index contributed by atoms with van der Waals surface area (Å²) < 4.78 is 0.520. The van der Waals surface area contributed by atoms with Gasteiger partial charge in [0.15, 0.2) is 5.52 Å². The molecule has 8 heteroatoms. The van der Waals surface area contributed by atoms with Crippen molar-refractivity contribution in [2.24, 2.45) is 0 Å². The second kappa shape index (κ2) is 5.98. The number of rotatable bonds is 3. The Bertz CT molecular complexity index is 901. The van der Waals surface area contributed by atoms with Crippen molar-refractivity contribution in [3.8, 4) is 11.3 Å². The van der Waals surface area contributed by atoms with Gasteiger partial charge in [-0.05, 0) is 11.1 Å². The van der Waals surface area contributed by atoms with Gasteiger partial charge >= 0.3 is 5.82 Å². The van der Waals surface area contributed by atoms with Crippen LogP contribution in [0.15, 0.2) is 48.5 Å². The molecule has 0 amide bonds. The minimum atomic E-state index is -1.12. The minimum absolute atomic E-state index is 0.0754. The molecule has 116 valence electrons. The van der Waals surface area contributed by atoms with E-state index in [1.165, 1.54) is 18.2 Å². The fraction of sp³-hybridized carbons (Fsp3) is 0.0667. The molecule has 0 N–H and O–H groups in total. The molecule has 0 unspecified atom stereocenters. The SMILES string of the molecule is O=[N+]([O-])c1ccc2nc(C(Cl)Cl)[n+]([O-])c(-c3ccccc3)c2c1. The summed E-state index contributed by atoms with van der Waals surface area (Å²) >= 11 is 11.6. The fourth-order valence-corrected chi connectivity index (χ4v) is 2.60. The Kier molecular flexibility index (Phi) is 4.02. The summed E-state index contributed by atoms with van der Waals surface area (Å²) in [7, 11) is 0. The van der Waals surface area contributed by atoms with Crippen LogP contribution in [0, 0.1) is 15.3 Å². The third-order valence-corrected chi connectivity index (χ3v) is 3.73. The number of hydrogen-bond acceptors (Lipinski definition) is 4. The molecule has 0 atom stereocenters. The van der Waals surface area contributed by atoms with Gasteiger partial charge in [-0.3, -0.25) is 10.1 Å². The van der Waals surface area contributed by atoms with E-state index in [-0.39, 0.29) is 17.2 Å². The average Bonchev–Trinajstić information content (AvgIpc) is 2.54. The minimum Gasteiger partial charge on any atom is -0.710 e. The number of fused-ring (bicyclic) bond motifs is 1. The maximum absolute atomic E-state index is 12.6. The van der Waals surface area contributed by atoms with Gasteiger partial charge in [-0.1, -0.05) is 53.5 Å². The topological polar surface area (TPSA) is 83.0 Å². The molecule has 0 fully saturated rings. The zero-order valence-electron chi connectivity index (χ0n) is 11.5. The number of aromatic nitrogens is 2. The summed E-state index contributed by atoms with van der Waals surface area (Å²) in [6, 6.07) is 12.9. The molecule has 0 aliphatic rings. The highest BCUT2D eigenvalue weighted by molar-refractivity contribution is 6.43. The zero-order valence-corrected chi connectivity index (χ0v) is 13.0. The number of halogens is 2. The van der Waals surface area contributed by atoms with Crippen LogP contribution in [0.5, 0.6) is 0 Å². The van der Waals surface area contributed by atoms with E-state index in [1.54, 1.807) is 30.3 Å². The molecule has 1 aromatic heterocycles. The Balaban J connectivity index is 2.43. The van der Waals surface area contributed by atoms with Crippen LogP contribution in [0.3, 0.4) is 0 Å². The van der Waals surface area contributed by atoms with Crippen molar-refractivity contribution in [3.63, 3.8) is 0 Å². The van der Waals surface area contributed by atoms with Gasteiger partial charge in [-0.15, -0.1) is 0 Å². The summed E-state index contributed by atoms with van der Waals surface area (Å²) in [5.74, 6) is -0.0754. The van der Waals surface area contributed by atoms with Gasteiger partial charge in [-0.2, -0.15) is 0 Å². The second-order valence-corrected chi connectivity index (χ2v) is 5.83. The molecule has 3 aromatic rings. The molecule has 6 nitrogen and oxygen atoms in total. The molecule has 2 aromatic carbocycles. The number of nitro groups is 1. The van der Waals surface area contributed by atoms with Gasteiger partial charge in [0.1, 0.15) is 5.69 Å². The lowest BCUT2D eigenvalue weighted by atomic mass is 10.1. The number of non-ortho nitro benzene ring substituents is 1. The van der Waals surface area contributed by atoms with E-state index in [0.717, 1.165) is 0 Å². The third-order valence-electron chi connectivity index (χ3n) is 3.33. The van der Waals surface area contributed by atoms with Crippen LogP contribution in [0.1, 0.15) is 10.7 Å². The molecule has 0 bridgehead atoms.